The fraction of sp³-hybridized carbons (Fsp3) is 0.200. The van der Waals surface area contributed by atoms with Gasteiger partial charge in [0.15, 0.2) is 11.6 Å². The fourth-order valence-electron chi connectivity index (χ4n) is 1.71. The number of hydrogen-bond acceptors (Lipinski definition) is 2. The summed E-state index contributed by atoms with van der Waals surface area (Å²) >= 11 is 9.41. The van der Waals surface area contributed by atoms with Gasteiger partial charge in [0.25, 0.3) is 0 Å². The third-order valence-corrected chi connectivity index (χ3v) is 3.73. The molecule has 0 unspecified atom stereocenters. The third kappa shape index (κ3) is 3.72. The maximum atomic E-state index is 13.9. The van der Waals surface area contributed by atoms with Gasteiger partial charge in [-0.25, -0.2) is 4.39 Å². The average molecular weight is 359 g/mol. The first kappa shape index (κ1) is 15.3. The number of halogens is 3. The Morgan fingerprint density at radius 2 is 2.05 bits per heavy atom. The van der Waals surface area contributed by atoms with E-state index in [0.29, 0.717) is 5.02 Å². The molecular weight excluding hydrogens is 345 g/mol. The molecule has 0 aliphatic rings. The van der Waals surface area contributed by atoms with E-state index in [4.69, 9.17) is 22.1 Å². The SMILES string of the molecule is C[C@@H](N)c1ccc(OCc2ccc(Br)cc2Cl)c(F)c1. The van der Waals surface area contributed by atoms with Crippen LogP contribution in [0, 0.1) is 5.82 Å². The first-order valence-corrected chi connectivity index (χ1v) is 7.26. The standard InChI is InChI=1S/C15H14BrClFNO/c1-9(19)10-3-5-15(14(18)6-10)20-8-11-2-4-12(16)7-13(11)17/h2-7,9H,8,19H2,1H3/t9-/m1/s1. The van der Waals surface area contributed by atoms with E-state index in [2.05, 4.69) is 15.9 Å². The fourth-order valence-corrected chi connectivity index (χ4v) is 2.44. The van der Waals surface area contributed by atoms with Gasteiger partial charge in [-0.1, -0.05) is 39.7 Å². The van der Waals surface area contributed by atoms with Gasteiger partial charge in [0.05, 0.1) is 0 Å². The van der Waals surface area contributed by atoms with E-state index in [1.807, 2.05) is 12.1 Å². The van der Waals surface area contributed by atoms with Crippen LogP contribution in [0.15, 0.2) is 40.9 Å². The zero-order valence-electron chi connectivity index (χ0n) is 10.9. The van der Waals surface area contributed by atoms with Gasteiger partial charge in [-0.05, 0) is 36.8 Å². The Balaban J connectivity index is 2.11. The zero-order chi connectivity index (χ0) is 14.7. The molecule has 0 aromatic heterocycles. The van der Waals surface area contributed by atoms with Crippen molar-refractivity contribution in [1.82, 2.24) is 0 Å². The summed E-state index contributed by atoms with van der Waals surface area (Å²) in [6, 6.07) is 9.99. The quantitative estimate of drug-likeness (QED) is 0.848. The topological polar surface area (TPSA) is 35.2 Å². The van der Waals surface area contributed by atoms with Crippen molar-refractivity contribution in [3.63, 3.8) is 0 Å². The Morgan fingerprint density at radius 3 is 2.65 bits per heavy atom. The lowest BCUT2D eigenvalue weighted by molar-refractivity contribution is 0.290. The molecule has 1 atom stereocenters. The van der Waals surface area contributed by atoms with Crippen molar-refractivity contribution >= 4 is 27.5 Å². The highest BCUT2D eigenvalue weighted by atomic mass is 79.9. The highest BCUT2D eigenvalue weighted by Crippen LogP contribution is 2.25. The van der Waals surface area contributed by atoms with E-state index in [1.54, 1.807) is 25.1 Å². The molecule has 2 nitrogen and oxygen atoms in total. The van der Waals surface area contributed by atoms with E-state index in [1.165, 1.54) is 6.07 Å². The second-order valence-corrected chi connectivity index (χ2v) is 5.83. The Morgan fingerprint density at radius 1 is 1.30 bits per heavy atom. The van der Waals surface area contributed by atoms with E-state index in [0.717, 1.165) is 15.6 Å². The van der Waals surface area contributed by atoms with Gasteiger partial charge in [0, 0.05) is 21.1 Å². The van der Waals surface area contributed by atoms with Crippen molar-refractivity contribution in [1.29, 1.82) is 0 Å². The van der Waals surface area contributed by atoms with E-state index >= 15 is 0 Å². The lowest BCUT2D eigenvalue weighted by atomic mass is 10.1. The van der Waals surface area contributed by atoms with Crippen LogP contribution in [0.5, 0.6) is 5.75 Å². The number of hydrogen-bond donors (Lipinski definition) is 1. The smallest absolute Gasteiger partial charge is 0.165 e. The van der Waals surface area contributed by atoms with Crippen molar-refractivity contribution < 1.29 is 9.13 Å². The molecule has 5 heteroatoms. The predicted molar refractivity (Wildman–Crippen MR) is 82.5 cm³/mol. The van der Waals surface area contributed by atoms with Crippen LogP contribution in [0.3, 0.4) is 0 Å². The summed E-state index contributed by atoms with van der Waals surface area (Å²) in [6.07, 6.45) is 0. The number of benzene rings is 2. The minimum atomic E-state index is -0.423. The number of rotatable bonds is 4. The Bertz CT molecular complexity index is 619. The maximum Gasteiger partial charge on any atom is 0.165 e. The molecule has 0 fully saturated rings. The first-order chi connectivity index (χ1) is 9.47. The van der Waals surface area contributed by atoms with Gasteiger partial charge in [-0.2, -0.15) is 0 Å². The molecule has 2 aromatic rings. The second-order valence-electron chi connectivity index (χ2n) is 4.50. The van der Waals surface area contributed by atoms with E-state index in [-0.39, 0.29) is 18.4 Å². The van der Waals surface area contributed by atoms with E-state index < -0.39 is 5.82 Å². The second kappa shape index (κ2) is 6.57. The van der Waals surface area contributed by atoms with Crippen LogP contribution in [-0.2, 0) is 6.61 Å². The number of nitrogens with two attached hydrogens (primary N) is 1. The molecular formula is C15H14BrClFNO. The maximum absolute atomic E-state index is 13.9. The molecule has 0 heterocycles. The molecule has 2 aromatic carbocycles. The monoisotopic (exact) mass is 357 g/mol. The molecule has 0 saturated carbocycles. The molecule has 0 saturated heterocycles. The van der Waals surface area contributed by atoms with Gasteiger partial charge < -0.3 is 10.5 Å². The molecule has 106 valence electrons. The van der Waals surface area contributed by atoms with Gasteiger partial charge in [0.2, 0.25) is 0 Å². The first-order valence-electron chi connectivity index (χ1n) is 6.09. The molecule has 20 heavy (non-hydrogen) atoms. The van der Waals surface area contributed by atoms with Crippen molar-refractivity contribution in [3.8, 4) is 5.75 Å². The van der Waals surface area contributed by atoms with Crippen LogP contribution < -0.4 is 10.5 Å². The minimum Gasteiger partial charge on any atom is -0.486 e. The Kier molecular flexibility index (Phi) is 5.02. The Hall–Kier alpha value is -1.10. The average Bonchev–Trinajstić information content (AvgIpc) is 2.38. The van der Waals surface area contributed by atoms with Crippen molar-refractivity contribution in [3.05, 3.63) is 62.8 Å². The lowest BCUT2D eigenvalue weighted by Crippen LogP contribution is -2.06. The van der Waals surface area contributed by atoms with Gasteiger partial charge in [0.1, 0.15) is 6.61 Å². The molecule has 0 radical (unpaired) electrons. The van der Waals surface area contributed by atoms with Crippen LogP contribution >= 0.6 is 27.5 Å². The van der Waals surface area contributed by atoms with Crippen molar-refractivity contribution in [2.45, 2.75) is 19.6 Å². The molecule has 0 bridgehead atoms. The largest absolute Gasteiger partial charge is 0.486 e. The van der Waals surface area contributed by atoms with E-state index in [9.17, 15) is 4.39 Å². The van der Waals surface area contributed by atoms with Crippen LogP contribution in [0.2, 0.25) is 5.02 Å². The number of ether oxygens (including phenoxy) is 1. The van der Waals surface area contributed by atoms with Gasteiger partial charge >= 0.3 is 0 Å². The molecule has 2 N–H and O–H groups in total. The van der Waals surface area contributed by atoms with Gasteiger partial charge in [-0.3, -0.25) is 0 Å². The predicted octanol–water partition coefficient (Wildman–Crippen LogP) is 4.84. The third-order valence-electron chi connectivity index (χ3n) is 2.88. The lowest BCUT2D eigenvalue weighted by Gasteiger charge is -2.11. The molecule has 0 spiro atoms. The Labute approximate surface area is 130 Å². The summed E-state index contributed by atoms with van der Waals surface area (Å²) in [4.78, 5) is 0. The molecule has 0 amide bonds. The van der Waals surface area contributed by atoms with Crippen LogP contribution in [0.25, 0.3) is 0 Å². The normalized spacial score (nSPS) is 12.2. The van der Waals surface area contributed by atoms with Crippen LogP contribution in [0.1, 0.15) is 24.1 Å². The van der Waals surface area contributed by atoms with Crippen LogP contribution in [-0.4, -0.2) is 0 Å². The summed E-state index contributed by atoms with van der Waals surface area (Å²) in [7, 11) is 0. The summed E-state index contributed by atoms with van der Waals surface area (Å²) < 4.78 is 20.2. The van der Waals surface area contributed by atoms with Crippen molar-refractivity contribution in [2.75, 3.05) is 0 Å². The van der Waals surface area contributed by atoms with Crippen LogP contribution in [0.4, 0.5) is 4.39 Å². The summed E-state index contributed by atoms with van der Waals surface area (Å²) in [5, 5.41) is 0.576. The highest BCUT2D eigenvalue weighted by molar-refractivity contribution is 9.10. The molecule has 0 aliphatic carbocycles. The zero-order valence-corrected chi connectivity index (χ0v) is 13.2. The summed E-state index contributed by atoms with van der Waals surface area (Å²) in [5.41, 5.74) is 7.23. The van der Waals surface area contributed by atoms with Gasteiger partial charge in [-0.15, -0.1) is 0 Å². The highest BCUT2D eigenvalue weighted by Gasteiger charge is 2.08. The molecule has 2 rings (SSSR count). The summed E-state index contributed by atoms with van der Waals surface area (Å²) in [5.74, 6) is -0.235. The molecule has 0 aliphatic heterocycles. The summed E-state index contributed by atoms with van der Waals surface area (Å²) in [6.45, 7) is 2.01. The van der Waals surface area contributed by atoms with Crippen molar-refractivity contribution in [2.24, 2.45) is 5.73 Å². The minimum absolute atomic E-state index is 0.188.